The molecule has 1 aromatic carbocycles. The third kappa shape index (κ3) is 3.78. The van der Waals surface area contributed by atoms with E-state index in [4.69, 9.17) is 5.73 Å². The average molecular weight is 272 g/mol. The van der Waals surface area contributed by atoms with Gasteiger partial charge in [0.25, 0.3) is 0 Å². The summed E-state index contributed by atoms with van der Waals surface area (Å²) in [7, 11) is -1.52. The molecule has 2 unspecified atom stereocenters. The maximum atomic E-state index is 11.5. The van der Waals surface area contributed by atoms with Crippen molar-refractivity contribution >= 4 is 9.84 Å². The van der Waals surface area contributed by atoms with Crippen LogP contribution in [0.25, 0.3) is 0 Å². The Morgan fingerprint density at radius 2 is 2.11 bits per heavy atom. The van der Waals surface area contributed by atoms with Gasteiger partial charge in [-0.3, -0.25) is 0 Å². The topological polar surface area (TPSA) is 92.4 Å². The summed E-state index contributed by atoms with van der Waals surface area (Å²) < 4.78 is 22.9. The lowest BCUT2D eigenvalue weighted by atomic mass is 10.00. The van der Waals surface area contributed by atoms with Crippen molar-refractivity contribution < 1.29 is 13.5 Å². The lowest BCUT2D eigenvalue weighted by Gasteiger charge is -2.22. The zero-order chi connectivity index (χ0) is 13.8. The summed E-state index contributed by atoms with van der Waals surface area (Å²) >= 11 is 0. The molecule has 4 N–H and O–H groups in total. The molecule has 0 aromatic heterocycles. The fourth-order valence-electron chi connectivity index (χ4n) is 1.80. The minimum absolute atomic E-state index is 0.190. The molecule has 0 saturated carbocycles. The first kappa shape index (κ1) is 15.1. The number of nitrogens with one attached hydrogen (secondary N) is 1. The van der Waals surface area contributed by atoms with Crippen LogP contribution in [0.5, 0.6) is 0 Å². The Labute approximate surface area is 108 Å². The van der Waals surface area contributed by atoms with Crippen LogP contribution >= 0.6 is 0 Å². The molecule has 0 aliphatic rings. The molecule has 102 valence electrons. The minimum atomic E-state index is -3.26. The molecule has 18 heavy (non-hydrogen) atoms. The van der Waals surface area contributed by atoms with Gasteiger partial charge < -0.3 is 16.2 Å². The molecular formula is C12H20N2O3S. The highest BCUT2D eigenvalue weighted by Crippen LogP contribution is 2.21. The largest absolute Gasteiger partial charge is 0.387 e. The Morgan fingerprint density at radius 1 is 1.44 bits per heavy atom. The number of benzene rings is 1. The fraction of sp³-hybridized carbons (Fsp3) is 0.500. The van der Waals surface area contributed by atoms with E-state index in [1.54, 1.807) is 19.2 Å². The summed E-state index contributed by atoms with van der Waals surface area (Å²) in [4.78, 5) is 0.210. The van der Waals surface area contributed by atoms with Crippen LogP contribution in [0, 0.1) is 0 Å². The number of aliphatic hydroxyl groups is 1. The van der Waals surface area contributed by atoms with E-state index in [0.29, 0.717) is 18.5 Å². The Hall–Kier alpha value is -0.950. The predicted molar refractivity (Wildman–Crippen MR) is 71.0 cm³/mol. The number of aliphatic hydroxyl groups excluding tert-OH is 1. The van der Waals surface area contributed by atoms with Crippen LogP contribution in [0.4, 0.5) is 0 Å². The van der Waals surface area contributed by atoms with Crippen molar-refractivity contribution in [2.45, 2.75) is 23.5 Å². The number of likely N-dealkylation sites (N-methyl/N-ethyl adjacent to an activating group) is 1. The summed E-state index contributed by atoms with van der Waals surface area (Å²) in [5.74, 6) is 0. The van der Waals surface area contributed by atoms with Crippen molar-refractivity contribution in [3.63, 3.8) is 0 Å². The van der Waals surface area contributed by atoms with Crippen LogP contribution in [0.15, 0.2) is 29.2 Å². The Balaban J connectivity index is 3.02. The molecule has 2 atom stereocenters. The quantitative estimate of drug-likeness (QED) is 0.681. The van der Waals surface area contributed by atoms with Crippen molar-refractivity contribution in [1.29, 1.82) is 0 Å². The molecule has 0 amide bonds. The van der Waals surface area contributed by atoms with Crippen molar-refractivity contribution in [1.82, 2.24) is 5.32 Å². The normalized spacial score (nSPS) is 15.3. The standard InChI is InChI=1S/C12H20N2O3S/c1-14-11(6-7-13)12(15)9-4-3-5-10(8-9)18(2,16)17/h3-5,8,11-12,14-15H,6-7,13H2,1-2H3. The Kier molecular flexibility index (Phi) is 5.28. The van der Waals surface area contributed by atoms with Crippen LogP contribution in [0.1, 0.15) is 18.1 Å². The van der Waals surface area contributed by atoms with Crippen molar-refractivity contribution in [3.8, 4) is 0 Å². The molecule has 0 radical (unpaired) electrons. The SMILES string of the molecule is CNC(CCN)C(O)c1cccc(S(C)(=O)=O)c1. The number of sulfone groups is 1. The second-order valence-electron chi connectivity index (χ2n) is 4.26. The van der Waals surface area contributed by atoms with Gasteiger partial charge in [0.15, 0.2) is 9.84 Å². The van der Waals surface area contributed by atoms with Gasteiger partial charge in [-0.15, -0.1) is 0 Å². The monoisotopic (exact) mass is 272 g/mol. The maximum absolute atomic E-state index is 11.5. The van der Waals surface area contributed by atoms with Gasteiger partial charge >= 0.3 is 0 Å². The summed E-state index contributed by atoms with van der Waals surface area (Å²) in [5, 5.41) is 13.2. The second-order valence-corrected chi connectivity index (χ2v) is 6.28. The lowest BCUT2D eigenvalue weighted by molar-refractivity contribution is 0.128. The molecule has 0 fully saturated rings. The van der Waals surface area contributed by atoms with Gasteiger partial charge in [0, 0.05) is 12.3 Å². The third-order valence-electron chi connectivity index (χ3n) is 2.86. The summed E-state index contributed by atoms with van der Waals surface area (Å²) in [6.45, 7) is 0.453. The number of nitrogens with two attached hydrogens (primary N) is 1. The first-order chi connectivity index (χ1) is 8.40. The molecule has 1 aromatic rings. The van der Waals surface area contributed by atoms with E-state index in [1.165, 1.54) is 12.1 Å². The molecule has 0 bridgehead atoms. The van der Waals surface area contributed by atoms with E-state index in [-0.39, 0.29) is 10.9 Å². The van der Waals surface area contributed by atoms with E-state index in [9.17, 15) is 13.5 Å². The Morgan fingerprint density at radius 3 is 2.61 bits per heavy atom. The first-order valence-electron chi connectivity index (χ1n) is 5.75. The molecule has 1 rings (SSSR count). The minimum Gasteiger partial charge on any atom is -0.387 e. The number of rotatable bonds is 6. The molecule has 0 aliphatic heterocycles. The first-order valence-corrected chi connectivity index (χ1v) is 7.64. The van der Waals surface area contributed by atoms with Gasteiger partial charge in [-0.2, -0.15) is 0 Å². The van der Waals surface area contributed by atoms with Gasteiger partial charge in [0.05, 0.1) is 11.0 Å². The summed E-state index contributed by atoms with van der Waals surface area (Å²) in [6, 6.07) is 6.17. The maximum Gasteiger partial charge on any atom is 0.175 e. The van der Waals surface area contributed by atoms with Crippen molar-refractivity contribution in [2.75, 3.05) is 19.8 Å². The van der Waals surface area contributed by atoms with Crippen LogP contribution in [-0.4, -0.2) is 39.4 Å². The van der Waals surface area contributed by atoms with Gasteiger partial charge in [-0.1, -0.05) is 12.1 Å². The lowest BCUT2D eigenvalue weighted by Crippen LogP contribution is -2.34. The number of hydrogen-bond acceptors (Lipinski definition) is 5. The predicted octanol–water partition coefficient (Wildman–Crippen LogP) is 0.0603. The van der Waals surface area contributed by atoms with Crippen LogP contribution < -0.4 is 11.1 Å². The van der Waals surface area contributed by atoms with Crippen LogP contribution in [0.3, 0.4) is 0 Å². The van der Waals surface area contributed by atoms with Gasteiger partial charge in [0.2, 0.25) is 0 Å². The summed E-state index contributed by atoms with van der Waals surface area (Å²) in [6.07, 6.45) is 0.981. The zero-order valence-corrected chi connectivity index (χ0v) is 11.4. The van der Waals surface area contributed by atoms with E-state index in [0.717, 1.165) is 6.26 Å². The second kappa shape index (κ2) is 6.29. The van der Waals surface area contributed by atoms with E-state index >= 15 is 0 Å². The third-order valence-corrected chi connectivity index (χ3v) is 3.97. The van der Waals surface area contributed by atoms with E-state index < -0.39 is 15.9 Å². The molecule has 5 nitrogen and oxygen atoms in total. The molecule has 0 aliphatic carbocycles. The molecule has 6 heteroatoms. The molecule has 0 heterocycles. The highest BCUT2D eigenvalue weighted by Gasteiger charge is 2.19. The van der Waals surface area contributed by atoms with Gasteiger partial charge in [-0.25, -0.2) is 8.42 Å². The van der Waals surface area contributed by atoms with E-state index in [1.807, 2.05) is 0 Å². The number of hydrogen-bond donors (Lipinski definition) is 3. The van der Waals surface area contributed by atoms with Crippen LogP contribution in [0.2, 0.25) is 0 Å². The fourth-order valence-corrected chi connectivity index (χ4v) is 2.48. The highest BCUT2D eigenvalue weighted by atomic mass is 32.2. The molecular weight excluding hydrogens is 252 g/mol. The van der Waals surface area contributed by atoms with E-state index in [2.05, 4.69) is 5.32 Å². The van der Waals surface area contributed by atoms with Crippen molar-refractivity contribution in [2.24, 2.45) is 5.73 Å². The average Bonchev–Trinajstić information content (AvgIpc) is 2.34. The summed E-state index contributed by atoms with van der Waals surface area (Å²) in [5.41, 5.74) is 6.05. The smallest absolute Gasteiger partial charge is 0.175 e. The highest BCUT2D eigenvalue weighted by molar-refractivity contribution is 7.90. The zero-order valence-electron chi connectivity index (χ0n) is 10.6. The molecule has 0 saturated heterocycles. The van der Waals surface area contributed by atoms with Gasteiger partial charge in [0.1, 0.15) is 0 Å². The molecule has 0 spiro atoms. The Bertz CT molecular complexity index is 488. The van der Waals surface area contributed by atoms with Crippen molar-refractivity contribution in [3.05, 3.63) is 29.8 Å². The van der Waals surface area contributed by atoms with Gasteiger partial charge in [-0.05, 0) is 37.7 Å². The van der Waals surface area contributed by atoms with Crippen LogP contribution in [-0.2, 0) is 9.84 Å².